The van der Waals surface area contributed by atoms with Crippen molar-refractivity contribution in [3.05, 3.63) is 40.9 Å². The van der Waals surface area contributed by atoms with Crippen LogP contribution < -0.4 is 0 Å². The van der Waals surface area contributed by atoms with Crippen molar-refractivity contribution in [3.63, 3.8) is 0 Å². The second-order valence-corrected chi connectivity index (χ2v) is 6.49. The van der Waals surface area contributed by atoms with E-state index >= 15 is 0 Å². The van der Waals surface area contributed by atoms with Gasteiger partial charge in [0.05, 0.1) is 15.5 Å². The Kier molecular flexibility index (Phi) is 5.12. The molecule has 0 aliphatic rings. The van der Waals surface area contributed by atoms with Crippen molar-refractivity contribution < 1.29 is 8.42 Å². The van der Waals surface area contributed by atoms with E-state index in [1.165, 1.54) is 22.5 Å². The van der Waals surface area contributed by atoms with Gasteiger partial charge >= 0.3 is 0 Å². The van der Waals surface area contributed by atoms with Crippen molar-refractivity contribution >= 4 is 21.6 Å². The van der Waals surface area contributed by atoms with Crippen molar-refractivity contribution in [1.29, 1.82) is 5.26 Å². The van der Waals surface area contributed by atoms with Crippen LogP contribution >= 0.6 is 11.6 Å². The highest BCUT2D eigenvalue weighted by Gasteiger charge is 2.23. The maximum Gasteiger partial charge on any atom is 0.243 e. The number of benzene rings is 1. The zero-order chi connectivity index (χ0) is 14.6. The molecule has 0 saturated carbocycles. The summed E-state index contributed by atoms with van der Waals surface area (Å²) in [4.78, 5) is 0.0830. The summed E-state index contributed by atoms with van der Waals surface area (Å²) in [7, 11) is -3.62. The van der Waals surface area contributed by atoms with Gasteiger partial charge in [0.1, 0.15) is 6.07 Å². The van der Waals surface area contributed by atoms with E-state index in [1.807, 2.05) is 6.07 Å². The molecule has 0 amide bonds. The second-order valence-electron chi connectivity index (χ2n) is 4.14. The largest absolute Gasteiger partial charge is 0.243 e. The second kappa shape index (κ2) is 6.20. The van der Waals surface area contributed by atoms with Gasteiger partial charge in [0.2, 0.25) is 10.0 Å². The first kappa shape index (κ1) is 15.7. The molecule has 0 N–H and O–H groups in total. The van der Waals surface area contributed by atoms with E-state index in [9.17, 15) is 8.42 Å². The van der Waals surface area contributed by atoms with E-state index in [0.717, 1.165) is 5.57 Å². The molecule has 0 atom stereocenters. The lowest BCUT2D eigenvalue weighted by molar-refractivity contribution is 0.453. The SMILES string of the molecule is C=C(C)CN(CC)S(=O)(=O)c1ccc(C#N)c(Cl)c1. The van der Waals surface area contributed by atoms with Crippen LogP contribution in [0.5, 0.6) is 0 Å². The first-order chi connectivity index (χ1) is 8.82. The molecule has 0 aliphatic heterocycles. The smallest absolute Gasteiger partial charge is 0.207 e. The van der Waals surface area contributed by atoms with Gasteiger partial charge in [0.25, 0.3) is 0 Å². The summed E-state index contributed by atoms with van der Waals surface area (Å²) < 4.78 is 26.1. The molecule has 6 heteroatoms. The number of sulfonamides is 1. The third-order valence-electron chi connectivity index (χ3n) is 2.50. The fourth-order valence-corrected chi connectivity index (χ4v) is 3.39. The zero-order valence-electron chi connectivity index (χ0n) is 10.9. The van der Waals surface area contributed by atoms with E-state index < -0.39 is 10.0 Å². The van der Waals surface area contributed by atoms with Crippen LogP contribution in [0.2, 0.25) is 5.02 Å². The summed E-state index contributed by atoms with van der Waals surface area (Å²) in [6, 6.07) is 5.99. The molecule has 0 fully saturated rings. The molecule has 0 aromatic heterocycles. The normalized spacial score (nSPS) is 11.3. The maximum absolute atomic E-state index is 12.4. The lowest BCUT2D eigenvalue weighted by Crippen LogP contribution is -2.32. The molecule has 102 valence electrons. The fourth-order valence-electron chi connectivity index (χ4n) is 1.56. The van der Waals surface area contributed by atoms with E-state index in [2.05, 4.69) is 6.58 Å². The van der Waals surface area contributed by atoms with Gasteiger partial charge in [0.15, 0.2) is 0 Å². The number of nitrogens with zero attached hydrogens (tertiary/aromatic N) is 2. The molecule has 0 saturated heterocycles. The highest BCUT2D eigenvalue weighted by molar-refractivity contribution is 7.89. The lowest BCUT2D eigenvalue weighted by Gasteiger charge is -2.20. The van der Waals surface area contributed by atoms with E-state index in [1.54, 1.807) is 13.8 Å². The number of hydrogen-bond donors (Lipinski definition) is 0. The Morgan fingerprint density at radius 2 is 2.16 bits per heavy atom. The van der Waals surface area contributed by atoms with Gasteiger partial charge in [-0.3, -0.25) is 0 Å². The summed E-state index contributed by atoms with van der Waals surface area (Å²) in [5.41, 5.74) is 1.01. The van der Waals surface area contributed by atoms with Crippen molar-refractivity contribution in [1.82, 2.24) is 4.31 Å². The molecule has 0 heterocycles. The van der Waals surface area contributed by atoms with Gasteiger partial charge in [-0.15, -0.1) is 0 Å². The standard InChI is InChI=1S/C13H15ClN2O2S/c1-4-16(9-10(2)3)19(17,18)12-6-5-11(8-15)13(14)7-12/h5-7H,2,4,9H2,1,3H3. The molecule has 1 rings (SSSR count). The first-order valence-corrected chi connectivity index (χ1v) is 7.49. The van der Waals surface area contributed by atoms with Gasteiger partial charge in [-0.25, -0.2) is 8.42 Å². The third kappa shape index (κ3) is 3.57. The minimum Gasteiger partial charge on any atom is -0.207 e. The fraction of sp³-hybridized carbons (Fsp3) is 0.308. The summed E-state index contributed by atoms with van der Waals surface area (Å²) in [6.45, 7) is 7.84. The van der Waals surface area contributed by atoms with Crippen LogP contribution in [0.15, 0.2) is 35.2 Å². The van der Waals surface area contributed by atoms with Gasteiger partial charge < -0.3 is 0 Å². The third-order valence-corrected chi connectivity index (χ3v) is 4.73. The molecule has 4 nitrogen and oxygen atoms in total. The lowest BCUT2D eigenvalue weighted by atomic mass is 10.2. The summed E-state index contributed by atoms with van der Waals surface area (Å²) in [5.74, 6) is 0. The molecular weight excluding hydrogens is 284 g/mol. The monoisotopic (exact) mass is 298 g/mol. The van der Waals surface area contributed by atoms with Crippen LogP contribution in [0.1, 0.15) is 19.4 Å². The molecular formula is C13H15ClN2O2S. The Hall–Kier alpha value is -1.35. The predicted octanol–water partition coefficient (Wildman–Crippen LogP) is 2.80. The van der Waals surface area contributed by atoms with Crippen LogP contribution in [-0.2, 0) is 10.0 Å². The molecule has 19 heavy (non-hydrogen) atoms. The predicted molar refractivity (Wildman–Crippen MR) is 75.4 cm³/mol. The van der Waals surface area contributed by atoms with Gasteiger partial charge in [0, 0.05) is 13.1 Å². The quantitative estimate of drug-likeness (QED) is 0.785. The van der Waals surface area contributed by atoms with Crippen molar-refractivity contribution in [2.75, 3.05) is 13.1 Å². The van der Waals surface area contributed by atoms with Crippen molar-refractivity contribution in [2.24, 2.45) is 0 Å². The van der Waals surface area contributed by atoms with E-state index in [0.29, 0.717) is 6.54 Å². The Morgan fingerprint density at radius 1 is 1.53 bits per heavy atom. The minimum atomic E-state index is -3.62. The molecule has 0 aliphatic carbocycles. The van der Waals surface area contributed by atoms with Crippen LogP contribution in [-0.4, -0.2) is 25.8 Å². The number of nitriles is 1. The van der Waals surface area contributed by atoms with Gasteiger partial charge in [-0.1, -0.05) is 30.7 Å². The zero-order valence-corrected chi connectivity index (χ0v) is 12.4. The van der Waals surface area contributed by atoms with Gasteiger partial charge in [-0.2, -0.15) is 9.57 Å². The molecule has 0 unspecified atom stereocenters. The Labute approximate surface area is 119 Å². The number of halogens is 1. The average molecular weight is 299 g/mol. The number of hydrogen-bond acceptors (Lipinski definition) is 3. The number of likely N-dealkylation sites (N-methyl/N-ethyl adjacent to an activating group) is 1. The summed E-state index contributed by atoms with van der Waals surface area (Å²) >= 11 is 5.87. The molecule has 1 aromatic carbocycles. The van der Waals surface area contributed by atoms with Crippen molar-refractivity contribution in [2.45, 2.75) is 18.7 Å². The van der Waals surface area contributed by atoms with Crippen LogP contribution in [0, 0.1) is 11.3 Å². The van der Waals surface area contributed by atoms with E-state index in [-0.39, 0.29) is 22.0 Å². The Morgan fingerprint density at radius 3 is 2.58 bits per heavy atom. The molecule has 0 spiro atoms. The van der Waals surface area contributed by atoms with Crippen LogP contribution in [0.4, 0.5) is 0 Å². The van der Waals surface area contributed by atoms with Gasteiger partial charge in [-0.05, 0) is 25.1 Å². The minimum absolute atomic E-state index is 0.0830. The summed E-state index contributed by atoms with van der Waals surface area (Å²) in [6.07, 6.45) is 0. The van der Waals surface area contributed by atoms with Crippen molar-refractivity contribution in [3.8, 4) is 6.07 Å². The molecule has 1 aromatic rings. The van der Waals surface area contributed by atoms with E-state index in [4.69, 9.17) is 16.9 Å². The highest BCUT2D eigenvalue weighted by Crippen LogP contribution is 2.23. The average Bonchev–Trinajstić information content (AvgIpc) is 2.35. The number of rotatable bonds is 5. The van der Waals surface area contributed by atoms with Crippen LogP contribution in [0.25, 0.3) is 0 Å². The summed E-state index contributed by atoms with van der Waals surface area (Å²) in [5, 5.41) is 8.91. The molecule has 0 bridgehead atoms. The maximum atomic E-state index is 12.4. The highest BCUT2D eigenvalue weighted by atomic mass is 35.5. The Balaban J connectivity index is 3.23. The first-order valence-electron chi connectivity index (χ1n) is 5.67. The molecule has 0 radical (unpaired) electrons. The van der Waals surface area contributed by atoms with Crippen LogP contribution in [0.3, 0.4) is 0 Å². The topological polar surface area (TPSA) is 61.2 Å². The Bertz CT molecular complexity index is 633.